The Hall–Kier alpha value is -1.28. The topological polar surface area (TPSA) is 67.3 Å². The molecule has 1 N–H and O–H groups in total. The molecule has 3 fully saturated rings. The molecule has 1 aromatic heterocycles. The van der Waals surface area contributed by atoms with E-state index in [1.807, 2.05) is 4.90 Å². The van der Waals surface area contributed by atoms with Crippen LogP contribution in [0, 0.1) is 17.3 Å². The number of halogens is 1. The SMILES string of the molecule is COCc1nsc(NC2CCC3CN(C(=O)C4(CF)CC4)CC32)n1. The van der Waals surface area contributed by atoms with Crippen molar-refractivity contribution in [3.63, 3.8) is 0 Å². The number of methoxy groups -OCH3 is 1. The second kappa shape index (κ2) is 6.22. The first kappa shape index (κ1) is 16.2. The van der Waals surface area contributed by atoms with Crippen molar-refractivity contribution in [3.8, 4) is 0 Å². The van der Waals surface area contributed by atoms with Crippen LogP contribution in [0.3, 0.4) is 0 Å². The summed E-state index contributed by atoms with van der Waals surface area (Å²) in [5, 5.41) is 4.32. The van der Waals surface area contributed by atoms with Gasteiger partial charge in [0.25, 0.3) is 0 Å². The molecule has 6 nitrogen and oxygen atoms in total. The Bertz CT molecular complexity index is 621. The predicted molar refractivity (Wildman–Crippen MR) is 88.5 cm³/mol. The van der Waals surface area contributed by atoms with Crippen LogP contribution in [0.1, 0.15) is 31.5 Å². The second-order valence-electron chi connectivity index (χ2n) is 7.32. The lowest BCUT2D eigenvalue weighted by molar-refractivity contribution is -0.136. The molecule has 1 aromatic rings. The number of anilines is 1. The molecule has 2 saturated carbocycles. The minimum Gasteiger partial charge on any atom is -0.377 e. The van der Waals surface area contributed by atoms with Crippen molar-refractivity contribution in [1.29, 1.82) is 0 Å². The van der Waals surface area contributed by atoms with E-state index in [1.165, 1.54) is 11.5 Å². The molecule has 1 aliphatic heterocycles. The average Bonchev–Trinajstić information content (AvgIpc) is 2.90. The maximum absolute atomic E-state index is 13.2. The Balaban J connectivity index is 1.38. The van der Waals surface area contributed by atoms with Crippen LogP contribution in [0.15, 0.2) is 0 Å². The first-order valence-corrected chi connectivity index (χ1v) is 9.36. The number of hydrogen-bond donors (Lipinski definition) is 1. The maximum atomic E-state index is 13.2. The van der Waals surface area contributed by atoms with Crippen molar-refractivity contribution in [2.45, 2.75) is 38.3 Å². The molecule has 132 valence electrons. The molecule has 4 rings (SSSR count). The van der Waals surface area contributed by atoms with Gasteiger partial charge in [0.1, 0.15) is 13.3 Å². The number of aromatic nitrogens is 2. The molecule has 1 saturated heterocycles. The number of carbonyl (C=O) groups is 1. The summed E-state index contributed by atoms with van der Waals surface area (Å²) in [5.41, 5.74) is -0.671. The number of ether oxygens (including phenoxy) is 1. The van der Waals surface area contributed by atoms with E-state index < -0.39 is 12.1 Å². The lowest BCUT2D eigenvalue weighted by Gasteiger charge is -2.24. The monoisotopic (exact) mass is 354 g/mol. The third kappa shape index (κ3) is 2.79. The Morgan fingerprint density at radius 2 is 2.29 bits per heavy atom. The minimum absolute atomic E-state index is 0.0384. The molecule has 2 aliphatic carbocycles. The Kier molecular flexibility index (Phi) is 4.20. The van der Waals surface area contributed by atoms with Crippen molar-refractivity contribution < 1.29 is 13.9 Å². The highest BCUT2D eigenvalue weighted by molar-refractivity contribution is 7.09. The average molecular weight is 354 g/mol. The highest BCUT2D eigenvalue weighted by Crippen LogP contribution is 2.49. The normalized spacial score (nSPS) is 30.4. The number of rotatable bonds is 6. The van der Waals surface area contributed by atoms with E-state index >= 15 is 0 Å². The van der Waals surface area contributed by atoms with E-state index in [2.05, 4.69) is 14.7 Å². The molecular formula is C16H23FN4O2S. The van der Waals surface area contributed by atoms with Crippen LogP contribution in [0.5, 0.6) is 0 Å². The number of carbonyl (C=O) groups excluding carboxylic acids is 1. The summed E-state index contributed by atoms with van der Waals surface area (Å²) in [7, 11) is 1.63. The zero-order valence-electron chi connectivity index (χ0n) is 13.8. The van der Waals surface area contributed by atoms with Crippen LogP contribution in [0.4, 0.5) is 9.52 Å². The standard InChI is InChI=1S/C16H23FN4O2S/c1-23-8-13-19-15(24-20-13)18-12-3-2-10-6-21(7-11(10)12)14(22)16(9-17)4-5-16/h10-12H,2-9H2,1H3,(H,18,19,20). The van der Waals surface area contributed by atoms with Gasteiger partial charge in [-0.15, -0.1) is 0 Å². The molecule has 0 spiro atoms. The lowest BCUT2D eigenvalue weighted by atomic mass is 9.98. The van der Waals surface area contributed by atoms with Gasteiger partial charge < -0.3 is 15.0 Å². The number of nitrogens with one attached hydrogen (secondary N) is 1. The molecule has 1 amide bonds. The summed E-state index contributed by atoms with van der Waals surface area (Å²) >= 11 is 1.35. The quantitative estimate of drug-likeness (QED) is 0.847. The number of amides is 1. The van der Waals surface area contributed by atoms with E-state index in [-0.39, 0.29) is 5.91 Å². The summed E-state index contributed by atoms with van der Waals surface area (Å²) in [6, 6.07) is 0.316. The fourth-order valence-electron chi connectivity index (χ4n) is 4.16. The summed E-state index contributed by atoms with van der Waals surface area (Å²) in [4.78, 5) is 18.9. The summed E-state index contributed by atoms with van der Waals surface area (Å²) in [6.45, 7) is 1.44. The van der Waals surface area contributed by atoms with E-state index in [0.29, 0.717) is 43.2 Å². The van der Waals surface area contributed by atoms with E-state index in [0.717, 1.165) is 31.1 Å². The second-order valence-corrected chi connectivity index (χ2v) is 8.08. The molecule has 3 atom stereocenters. The molecule has 2 heterocycles. The van der Waals surface area contributed by atoms with Crippen molar-refractivity contribution in [1.82, 2.24) is 14.3 Å². The summed E-state index contributed by atoms with van der Waals surface area (Å²) < 4.78 is 22.5. The highest BCUT2D eigenvalue weighted by Gasteiger charge is 2.55. The van der Waals surface area contributed by atoms with Gasteiger partial charge in [0, 0.05) is 43.7 Å². The van der Waals surface area contributed by atoms with Gasteiger partial charge in [0.2, 0.25) is 11.0 Å². The highest BCUT2D eigenvalue weighted by atomic mass is 32.1. The number of likely N-dealkylation sites (tertiary alicyclic amines) is 1. The molecule has 0 radical (unpaired) electrons. The zero-order chi connectivity index (χ0) is 16.7. The molecule has 24 heavy (non-hydrogen) atoms. The Labute approximate surface area is 144 Å². The first-order valence-electron chi connectivity index (χ1n) is 8.58. The van der Waals surface area contributed by atoms with Crippen LogP contribution < -0.4 is 5.32 Å². The van der Waals surface area contributed by atoms with Crippen molar-refractivity contribution in [3.05, 3.63) is 5.82 Å². The molecular weight excluding hydrogens is 331 g/mol. The lowest BCUT2D eigenvalue weighted by Crippen LogP contribution is -2.38. The maximum Gasteiger partial charge on any atom is 0.231 e. The van der Waals surface area contributed by atoms with Gasteiger partial charge in [-0.25, -0.2) is 9.37 Å². The van der Waals surface area contributed by atoms with Gasteiger partial charge in [0.15, 0.2) is 5.82 Å². The molecule has 3 unspecified atom stereocenters. The smallest absolute Gasteiger partial charge is 0.231 e. The molecule has 3 aliphatic rings. The number of fused-ring (bicyclic) bond motifs is 1. The van der Waals surface area contributed by atoms with E-state index in [1.54, 1.807) is 7.11 Å². The van der Waals surface area contributed by atoms with Gasteiger partial charge in [-0.2, -0.15) is 4.37 Å². The third-order valence-corrected chi connectivity index (χ3v) is 6.44. The van der Waals surface area contributed by atoms with Crippen molar-refractivity contribution >= 4 is 22.6 Å². The number of alkyl halides is 1. The van der Waals surface area contributed by atoms with Gasteiger partial charge in [-0.1, -0.05) is 0 Å². The predicted octanol–water partition coefficient (Wildman–Crippen LogP) is 2.08. The Morgan fingerprint density at radius 3 is 3.00 bits per heavy atom. The minimum atomic E-state index is -0.671. The fraction of sp³-hybridized carbons (Fsp3) is 0.812. The van der Waals surface area contributed by atoms with Crippen LogP contribution in [0.25, 0.3) is 0 Å². The van der Waals surface area contributed by atoms with Crippen LogP contribution in [0.2, 0.25) is 0 Å². The first-order chi connectivity index (χ1) is 11.6. The molecule has 8 heteroatoms. The number of nitrogens with zero attached hydrogens (tertiary/aromatic N) is 3. The third-order valence-electron chi connectivity index (χ3n) is 5.76. The largest absolute Gasteiger partial charge is 0.377 e. The summed E-state index contributed by atoms with van der Waals surface area (Å²) in [6.07, 6.45) is 3.62. The van der Waals surface area contributed by atoms with Gasteiger partial charge in [-0.3, -0.25) is 4.79 Å². The van der Waals surface area contributed by atoms with Gasteiger partial charge in [0.05, 0.1) is 5.41 Å². The van der Waals surface area contributed by atoms with Crippen molar-refractivity contribution in [2.24, 2.45) is 17.3 Å². The number of hydrogen-bond acceptors (Lipinski definition) is 6. The van der Waals surface area contributed by atoms with Gasteiger partial charge in [-0.05, 0) is 31.6 Å². The molecule has 0 bridgehead atoms. The fourth-order valence-corrected chi connectivity index (χ4v) is 4.80. The van der Waals surface area contributed by atoms with Crippen LogP contribution in [-0.4, -0.2) is 53.1 Å². The van der Waals surface area contributed by atoms with Gasteiger partial charge >= 0.3 is 0 Å². The van der Waals surface area contributed by atoms with Crippen LogP contribution in [-0.2, 0) is 16.1 Å². The van der Waals surface area contributed by atoms with Crippen LogP contribution >= 0.6 is 11.5 Å². The molecule has 0 aromatic carbocycles. The van der Waals surface area contributed by atoms with Crippen molar-refractivity contribution in [2.75, 3.05) is 32.2 Å². The zero-order valence-corrected chi connectivity index (χ0v) is 14.6. The van der Waals surface area contributed by atoms with E-state index in [9.17, 15) is 9.18 Å². The Morgan fingerprint density at radius 1 is 1.46 bits per heavy atom. The summed E-state index contributed by atoms with van der Waals surface area (Å²) in [5.74, 6) is 1.69. The van der Waals surface area contributed by atoms with E-state index in [4.69, 9.17) is 4.74 Å².